The van der Waals surface area contributed by atoms with E-state index in [4.69, 9.17) is 10.0 Å². The van der Waals surface area contributed by atoms with E-state index in [1.807, 2.05) is 124 Å². The Morgan fingerprint density at radius 2 is 0.906 bits per heavy atom. The zero-order valence-electron chi connectivity index (χ0n) is 18.6. The Morgan fingerprint density at radius 1 is 0.594 bits per heavy atom. The van der Waals surface area contributed by atoms with E-state index in [0.717, 1.165) is 32.6 Å². The Hall–Kier alpha value is -2.91. The van der Waals surface area contributed by atoms with Crippen LogP contribution < -0.4 is 21.4 Å². The van der Waals surface area contributed by atoms with Crippen LogP contribution in [-0.4, -0.2) is 17.2 Å². The molecule has 0 unspecified atom stereocenters. The number of rotatable bonds is 4. The van der Waals surface area contributed by atoms with Gasteiger partial charge in [-0.3, -0.25) is 0 Å². The summed E-state index contributed by atoms with van der Waals surface area (Å²) >= 11 is 0. The zero-order valence-corrected chi connectivity index (χ0v) is 19.5. The van der Waals surface area contributed by atoms with Gasteiger partial charge in [0.25, 0.3) is 0 Å². The first-order valence-corrected chi connectivity index (χ1v) is 12.3. The van der Waals surface area contributed by atoms with Crippen molar-refractivity contribution in [3.05, 3.63) is 120 Å². The van der Waals surface area contributed by atoms with Gasteiger partial charge in [0.05, 0.1) is 0 Å². The average molecular weight is 442 g/mol. The van der Waals surface area contributed by atoms with E-state index in [0.29, 0.717) is 5.46 Å². The maximum absolute atomic E-state index is 13.8. The van der Waals surface area contributed by atoms with E-state index in [1.54, 1.807) is 0 Å². The third-order valence-electron chi connectivity index (χ3n) is 5.36. The Bertz CT molecular complexity index is 1070. The topological polar surface area (TPSA) is 57.5 Å². The molecule has 32 heavy (non-hydrogen) atoms. The quantitative estimate of drug-likeness (QED) is 0.375. The summed E-state index contributed by atoms with van der Waals surface area (Å²) in [5.74, 6) is 0. The Balaban J connectivity index is 0.000000207. The largest absolute Gasteiger partial charge is 0.488 e. The van der Waals surface area contributed by atoms with E-state index < -0.39 is 14.3 Å². The van der Waals surface area contributed by atoms with E-state index in [9.17, 15) is 4.57 Å². The van der Waals surface area contributed by atoms with Crippen LogP contribution in [0.15, 0.2) is 103 Å². The van der Waals surface area contributed by atoms with Gasteiger partial charge in [-0.15, -0.1) is 0 Å². The molecule has 4 aromatic rings. The van der Waals surface area contributed by atoms with Gasteiger partial charge in [0, 0.05) is 15.9 Å². The first-order valence-electron chi connectivity index (χ1n) is 10.5. The minimum atomic E-state index is -2.78. The lowest BCUT2D eigenvalue weighted by molar-refractivity contribution is 0.425. The molecule has 0 radical (unpaired) electrons. The Labute approximate surface area is 190 Å². The van der Waals surface area contributed by atoms with Gasteiger partial charge in [-0.05, 0) is 26.2 Å². The molecule has 162 valence electrons. The van der Waals surface area contributed by atoms with Gasteiger partial charge in [0.2, 0.25) is 0 Å². The predicted molar refractivity (Wildman–Crippen MR) is 136 cm³/mol. The lowest BCUT2D eigenvalue weighted by Gasteiger charge is -2.19. The van der Waals surface area contributed by atoms with Crippen molar-refractivity contribution in [1.82, 2.24) is 0 Å². The molecule has 0 fully saturated rings. The van der Waals surface area contributed by atoms with Crippen molar-refractivity contribution in [2.24, 2.45) is 0 Å². The van der Waals surface area contributed by atoms with E-state index >= 15 is 0 Å². The molecule has 0 aromatic heterocycles. The van der Waals surface area contributed by atoms with E-state index in [-0.39, 0.29) is 0 Å². The van der Waals surface area contributed by atoms with Crippen molar-refractivity contribution < 1.29 is 14.6 Å². The monoisotopic (exact) mass is 442 g/mol. The summed E-state index contributed by atoms with van der Waals surface area (Å²) in [6, 6.07) is 33.0. The van der Waals surface area contributed by atoms with E-state index in [2.05, 4.69) is 0 Å². The van der Waals surface area contributed by atoms with Crippen LogP contribution in [0, 0.1) is 20.8 Å². The van der Waals surface area contributed by atoms with Crippen LogP contribution >= 0.6 is 7.14 Å². The SMILES string of the molecule is Cc1cc(C)c(B(O)O)c(C)c1.O=P(c1ccccc1)(c1ccccc1)c1ccccc1. The van der Waals surface area contributed by atoms with Crippen molar-refractivity contribution in [3.8, 4) is 0 Å². The van der Waals surface area contributed by atoms with E-state index in [1.165, 1.54) is 0 Å². The molecular formula is C27H28BO3P. The Morgan fingerprint density at radius 3 is 1.19 bits per heavy atom. The van der Waals surface area contributed by atoms with Gasteiger partial charge in [0.15, 0.2) is 7.14 Å². The summed E-state index contributed by atoms with van der Waals surface area (Å²) in [5.41, 5.74) is 3.64. The van der Waals surface area contributed by atoms with Gasteiger partial charge in [-0.2, -0.15) is 0 Å². The van der Waals surface area contributed by atoms with Crippen LogP contribution in [0.4, 0.5) is 0 Å². The molecule has 0 atom stereocenters. The van der Waals surface area contributed by atoms with Crippen LogP contribution in [0.25, 0.3) is 0 Å². The van der Waals surface area contributed by atoms with Gasteiger partial charge in [-0.1, -0.05) is 120 Å². The zero-order chi connectivity index (χ0) is 23.1. The van der Waals surface area contributed by atoms with Gasteiger partial charge in [-0.25, -0.2) is 0 Å². The van der Waals surface area contributed by atoms with Crippen molar-refractivity contribution in [3.63, 3.8) is 0 Å². The molecule has 0 bridgehead atoms. The first-order chi connectivity index (χ1) is 15.3. The van der Waals surface area contributed by atoms with Gasteiger partial charge >= 0.3 is 7.12 Å². The maximum atomic E-state index is 13.8. The summed E-state index contributed by atoms with van der Waals surface area (Å²) in [4.78, 5) is 0. The summed E-state index contributed by atoms with van der Waals surface area (Å²) in [7, 11) is -4.13. The van der Waals surface area contributed by atoms with Gasteiger partial charge in [0.1, 0.15) is 0 Å². The molecule has 2 N–H and O–H groups in total. The molecule has 4 rings (SSSR count). The molecule has 3 nitrogen and oxygen atoms in total. The molecule has 5 heteroatoms. The number of aryl methyl sites for hydroxylation is 3. The van der Waals surface area contributed by atoms with Crippen molar-refractivity contribution >= 4 is 35.6 Å². The second-order valence-corrected chi connectivity index (χ2v) is 10.6. The molecule has 0 amide bonds. The van der Waals surface area contributed by atoms with Crippen molar-refractivity contribution in [1.29, 1.82) is 0 Å². The van der Waals surface area contributed by atoms with Crippen molar-refractivity contribution in [2.75, 3.05) is 0 Å². The lowest BCUT2D eigenvalue weighted by Crippen LogP contribution is -2.34. The standard InChI is InChI=1S/C18H15OP.C9H13BO2/c19-20(16-10-4-1-5-11-16,17-12-6-2-7-13-17)18-14-8-3-9-15-18;1-6-4-7(2)9(10(11)12)8(3)5-6/h1-15H;4-5,11-12H,1-3H3. The fourth-order valence-corrected chi connectivity index (χ4v) is 6.63. The summed E-state index contributed by atoms with van der Waals surface area (Å²) in [6.45, 7) is 5.76. The molecule has 0 aliphatic rings. The van der Waals surface area contributed by atoms with Crippen LogP contribution in [0.3, 0.4) is 0 Å². The predicted octanol–water partition coefficient (Wildman–Crippen LogP) is 3.62. The van der Waals surface area contributed by atoms with Crippen LogP contribution in [0.2, 0.25) is 0 Å². The molecular weight excluding hydrogens is 414 g/mol. The number of hydrogen-bond donors (Lipinski definition) is 2. The molecule has 0 heterocycles. The Kier molecular flexibility index (Phi) is 7.87. The molecule has 0 aliphatic carbocycles. The average Bonchev–Trinajstić information content (AvgIpc) is 2.80. The molecule has 4 aromatic carbocycles. The van der Waals surface area contributed by atoms with Crippen LogP contribution in [0.5, 0.6) is 0 Å². The summed E-state index contributed by atoms with van der Waals surface area (Å²) in [5, 5.41) is 20.7. The lowest BCUT2D eigenvalue weighted by atomic mass is 9.74. The fourth-order valence-electron chi connectivity index (χ4n) is 3.96. The maximum Gasteiger partial charge on any atom is 0.488 e. The highest BCUT2D eigenvalue weighted by Gasteiger charge is 2.28. The van der Waals surface area contributed by atoms with Crippen LogP contribution in [0.1, 0.15) is 16.7 Å². The molecule has 0 saturated carbocycles. The third-order valence-corrected chi connectivity index (χ3v) is 8.43. The molecule has 0 spiro atoms. The molecule has 0 saturated heterocycles. The third kappa shape index (κ3) is 5.28. The molecule has 0 aliphatic heterocycles. The normalized spacial score (nSPS) is 10.8. The summed E-state index contributed by atoms with van der Waals surface area (Å²) in [6.07, 6.45) is 0. The number of hydrogen-bond acceptors (Lipinski definition) is 3. The smallest absolute Gasteiger partial charge is 0.423 e. The second-order valence-electron chi connectivity index (χ2n) is 7.80. The van der Waals surface area contributed by atoms with Crippen molar-refractivity contribution in [2.45, 2.75) is 20.8 Å². The highest BCUT2D eigenvalue weighted by molar-refractivity contribution is 7.85. The van der Waals surface area contributed by atoms with Gasteiger partial charge < -0.3 is 14.6 Å². The summed E-state index contributed by atoms with van der Waals surface area (Å²) < 4.78 is 13.8. The minimum absolute atomic E-state index is 0.626. The highest BCUT2D eigenvalue weighted by Crippen LogP contribution is 2.41. The number of benzene rings is 4. The first kappa shape index (κ1) is 23.8. The highest BCUT2D eigenvalue weighted by atomic mass is 31.2. The van der Waals surface area contributed by atoms with Crippen LogP contribution in [-0.2, 0) is 4.57 Å². The fraction of sp³-hybridized carbons (Fsp3) is 0.111. The second kappa shape index (κ2) is 10.6. The minimum Gasteiger partial charge on any atom is -0.423 e.